The van der Waals surface area contributed by atoms with Gasteiger partial charge in [-0.25, -0.2) is 9.97 Å². The van der Waals surface area contributed by atoms with Gasteiger partial charge in [-0.2, -0.15) is 5.26 Å². The fourth-order valence-electron chi connectivity index (χ4n) is 1.30. The van der Waals surface area contributed by atoms with Crippen molar-refractivity contribution in [2.45, 2.75) is 19.4 Å². The predicted molar refractivity (Wildman–Crippen MR) is 61.1 cm³/mol. The topological polar surface area (TPSA) is 88.1 Å². The third kappa shape index (κ3) is 2.31. The van der Waals surface area contributed by atoms with Gasteiger partial charge in [-0.05, 0) is 6.92 Å². The van der Waals surface area contributed by atoms with Gasteiger partial charge in [0.2, 0.25) is 5.75 Å². The number of rotatable bonds is 4. The van der Waals surface area contributed by atoms with Crippen molar-refractivity contribution in [1.29, 1.82) is 5.26 Å². The van der Waals surface area contributed by atoms with Crippen LogP contribution in [0.5, 0.6) is 5.75 Å². The summed E-state index contributed by atoms with van der Waals surface area (Å²) in [6.07, 6.45) is 1.78. The molecule has 6 heteroatoms. The molecule has 0 radical (unpaired) electrons. The lowest BCUT2D eigenvalue weighted by atomic mass is 10.2. The van der Waals surface area contributed by atoms with Crippen molar-refractivity contribution < 1.29 is 4.74 Å². The van der Waals surface area contributed by atoms with Gasteiger partial charge in [0.25, 0.3) is 0 Å². The number of methoxy groups -OCH3 is 1. The van der Waals surface area contributed by atoms with Gasteiger partial charge in [-0.3, -0.25) is 0 Å². The molecule has 86 valence electrons. The van der Waals surface area contributed by atoms with E-state index in [-0.39, 0.29) is 6.04 Å². The van der Waals surface area contributed by atoms with Crippen LogP contribution in [0.4, 0.5) is 11.6 Å². The zero-order valence-corrected chi connectivity index (χ0v) is 9.64. The van der Waals surface area contributed by atoms with Crippen LogP contribution >= 0.6 is 0 Å². The molecule has 0 spiro atoms. The van der Waals surface area contributed by atoms with Crippen molar-refractivity contribution in [1.82, 2.24) is 9.97 Å². The fourth-order valence-corrected chi connectivity index (χ4v) is 1.30. The Morgan fingerprint density at radius 3 is 2.88 bits per heavy atom. The van der Waals surface area contributed by atoms with Crippen LogP contribution in [0.25, 0.3) is 0 Å². The zero-order valence-electron chi connectivity index (χ0n) is 9.64. The van der Waals surface area contributed by atoms with E-state index in [1.54, 1.807) is 0 Å². The lowest BCUT2D eigenvalue weighted by Crippen LogP contribution is -2.29. The lowest BCUT2D eigenvalue weighted by Gasteiger charge is -2.25. The standard InChI is InChI=1S/C10H15N5O/c1-7(4-5-11)15(2)10-8(16-3)9(12)13-6-14-10/h6-7H,4H2,1-3H3,(H2,12,13,14). The first-order chi connectivity index (χ1) is 7.61. The number of nitrogen functional groups attached to an aromatic ring is 1. The maximum atomic E-state index is 8.65. The monoisotopic (exact) mass is 221 g/mol. The maximum absolute atomic E-state index is 8.65. The summed E-state index contributed by atoms with van der Waals surface area (Å²) >= 11 is 0. The number of nitrogens with two attached hydrogens (primary N) is 1. The molecular formula is C10H15N5O. The average molecular weight is 221 g/mol. The largest absolute Gasteiger partial charge is 0.490 e. The number of aromatic nitrogens is 2. The first kappa shape index (κ1) is 12.0. The molecule has 1 heterocycles. The van der Waals surface area contributed by atoms with Gasteiger partial charge in [0.15, 0.2) is 11.6 Å². The highest BCUT2D eigenvalue weighted by Gasteiger charge is 2.17. The Morgan fingerprint density at radius 1 is 1.62 bits per heavy atom. The SMILES string of the molecule is COc1c(N)ncnc1N(C)C(C)CC#N. The number of hydrogen-bond acceptors (Lipinski definition) is 6. The smallest absolute Gasteiger partial charge is 0.204 e. The summed E-state index contributed by atoms with van der Waals surface area (Å²) < 4.78 is 5.15. The van der Waals surface area contributed by atoms with Crippen molar-refractivity contribution >= 4 is 11.6 Å². The summed E-state index contributed by atoms with van der Waals surface area (Å²) in [6.45, 7) is 1.93. The Hall–Kier alpha value is -2.03. The van der Waals surface area contributed by atoms with E-state index in [1.165, 1.54) is 13.4 Å². The van der Waals surface area contributed by atoms with Crippen molar-refractivity contribution in [2.24, 2.45) is 0 Å². The first-order valence-electron chi connectivity index (χ1n) is 4.86. The van der Waals surface area contributed by atoms with E-state index in [4.69, 9.17) is 15.7 Å². The van der Waals surface area contributed by atoms with Crippen LogP contribution in [0.2, 0.25) is 0 Å². The molecule has 1 unspecified atom stereocenters. The molecular weight excluding hydrogens is 206 g/mol. The fraction of sp³-hybridized carbons (Fsp3) is 0.500. The third-order valence-corrected chi connectivity index (χ3v) is 2.40. The molecule has 0 fully saturated rings. The molecule has 1 aromatic rings. The molecule has 0 saturated carbocycles. The van der Waals surface area contributed by atoms with E-state index in [0.29, 0.717) is 23.8 Å². The molecule has 0 amide bonds. The molecule has 0 saturated heterocycles. The molecule has 0 aliphatic heterocycles. The van der Waals surface area contributed by atoms with Gasteiger partial charge in [0.05, 0.1) is 19.6 Å². The number of anilines is 2. The lowest BCUT2D eigenvalue weighted by molar-refractivity contribution is 0.412. The highest BCUT2D eigenvalue weighted by atomic mass is 16.5. The summed E-state index contributed by atoms with van der Waals surface area (Å²) in [4.78, 5) is 9.81. The minimum Gasteiger partial charge on any atom is -0.490 e. The van der Waals surface area contributed by atoms with Gasteiger partial charge in [0, 0.05) is 13.1 Å². The highest BCUT2D eigenvalue weighted by molar-refractivity contribution is 5.62. The number of nitrogens with zero attached hydrogens (tertiary/aromatic N) is 4. The summed E-state index contributed by atoms with van der Waals surface area (Å²) in [7, 11) is 3.35. The van der Waals surface area contributed by atoms with E-state index < -0.39 is 0 Å². The normalized spacial score (nSPS) is 11.6. The number of hydrogen-bond donors (Lipinski definition) is 1. The summed E-state index contributed by atoms with van der Waals surface area (Å²) in [5.41, 5.74) is 5.68. The summed E-state index contributed by atoms with van der Waals surface area (Å²) in [5.74, 6) is 1.33. The molecule has 6 nitrogen and oxygen atoms in total. The van der Waals surface area contributed by atoms with Gasteiger partial charge in [0.1, 0.15) is 6.33 Å². The molecule has 0 aromatic carbocycles. The average Bonchev–Trinajstić information content (AvgIpc) is 2.28. The van der Waals surface area contributed by atoms with Gasteiger partial charge in [-0.1, -0.05) is 0 Å². The first-order valence-corrected chi connectivity index (χ1v) is 4.86. The van der Waals surface area contributed by atoms with Crippen LogP contribution in [0.1, 0.15) is 13.3 Å². The molecule has 0 bridgehead atoms. The van der Waals surface area contributed by atoms with Crippen LogP contribution < -0.4 is 15.4 Å². The minimum absolute atomic E-state index is 0.0354. The van der Waals surface area contributed by atoms with Crippen LogP contribution in [-0.2, 0) is 0 Å². The zero-order chi connectivity index (χ0) is 12.1. The van der Waals surface area contributed by atoms with E-state index in [2.05, 4.69) is 16.0 Å². The van der Waals surface area contributed by atoms with E-state index >= 15 is 0 Å². The van der Waals surface area contributed by atoms with Crippen molar-refractivity contribution in [3.8, 4) is 11.8 Å². The van der Waals surface area contributed by atoms with Crippen molar-refractivity contribution in [3.63, 3.8) is 0 Å². The van der Waals surface area contributed by atoms with Gasteiger partial charge >= 0.3 is 0 Å². The summed E-state index contributed by atoms with van der Waals surface area (Å²) in [5, 5.41) is 8.65. The Labute approximate surface area is 94.7 Å². The van der Waals surface area contributed by atoms with E-state index in [0.717, 1.165) is 0 Å². The Kier molecular flexibility index (Phi) is 3.89. The van der Waals surface area contributed by atoms with Crippen LogP contribution in [-0.4, -0.2) is 30.2 Å². The van der Waals surface area contributed by atoms with Crippen molar-refractivity contribution in [3.05, 3.63) is 6.33 Å². The van der Waals surface area contributed by atoms with Crippen LogP contribution in [0.3, 0.4) is 0 Å². The molecule has 0 aliphatic rings. The van der Waals surface area contributed by atoms with Crippen molar-refractivity contribution in [2.75, 3.05) is 24.8 Å². The summed E-state index contributed by atoms with van der Waals surface area (Å²) in [6, 6.07) is 2.15. The molecule has 0 aliphatic carbocycles. The Bertz CT molecular complexity index is 401. The van der Waals surface area contributed by atoms with E-state index in [1.807, 2.05) is 18.9 Å². The molecule has 1 rings (SSSR count). The third-order valence-electron chi connectivity index (χ3n) is 2.40. The van der Waals surface area contributed by atoms with E-state index in [9.17, 15) is 0 Å². The van der Waals surface area contributed by atoms with Gasteiger partial charge < -0.3 is 15.4 Å². The second-order valence-corrected chi connectivity index (χ2v) is 3.44. The van der Waals surface area contributed by atoms with Crippen LogP contribution in [0, 0.1) is 11.3 Å². The number of ether oxygens (including phenoxy) is 1. The molecule has 2 N–H and O–H groups in total. The molecule has 1 atom stereocenters. The maximum Gasteiger partial charge on any atom is 0.204 e. The molecule has 1 aromatic heterocycles. The van der Waals surface area contributed by atoms with Gasteiger partial charge in [-0.15, -0.1) is 0 Å². The Morgan fingerprint density at radius 2 is 2.31 bits per heavy atom. The van der Waals surface area contributed by atoms with Crippen LogP contribution in [0.15, 0.2) is 6.33 Å². The minimum atomic E-state index is 0.0354. The quantitative estimate of drug-likeness (QED) is 0.809. The second kappa shape index (κ2) is 5.16. The second-order valence-electron chi connectivity index (χ2n) is 3.44. The molecule has 16 heavy (non-hydrogen) atoms. The Balaban J connectivity index is 3.04. The predicted octanol–water partition coefficient (Wildman–Crippen LogP) is 0.806. The highest BCUT2D eigenvalue weighted by Crippen LogP contribution is 2.30. The number of nitriles is 1.